The quantitative estimate of drug-likeness (QED) is 0.361. The monoisotopic (exact) mass is 514 g/mol. The zero-order chi connectivity index (χ0) is 26.4. The summed E-state index contributed by atoms with van der Waals surface area (Å²) in [5, 5.41) is 18.2. The molecule has 1 amide bonds. The summed E-state index contributed by atoms with van der Waals surface area (Å²) in [6.45, 7) is 3.13. The van der Waals surface area contributed by atoms with Crippen LogP contribution in [0.5, 0.6) is 0 Å². The maximum Gasteiger partial charge on any atom is 0.339 e. The molecular formula is C29H27FN4O4. The molecule has 2 fully saturated rings. The first-order valence-electron chi connectivity index (χ1n) is 12.9. The molecule has 4 aromatic rings. The third-order valence-corrected chi connectivity index (χ3v) is 7.46. The van der Waals surface area contributed by atoms with Crippen molar-refractivity contribution in [1.29, 1.82) is 0 Å². The molecule has 38 heavy (non-hydrogen) atoms. The van der Waals surface area contributed by atoms with Crippen LogP contribution in [-0.2, 0) is 0 Å². The highest BCUT2D eigenvalue weighted by atomic mass is 19.1. The van der Waals surface area contributed by atoms with Gasteiger partial charge in [0, 0.05) is 36.6 Å². The van der Waals surface area contributed by atoms with E-state index in [1.807, 2.05) is 19.1 Å². The van der Waals surface area contributed by atoms with Crippen molar-refractivity contribution >= 4 is 11.9 Å². The Bertz CT molecular complexity index is 1540. The van der Waals surface area contributed by atoms with E-state index in [0.29, 0.717) is 35.6 Å². The number of hydrogen-bond donors (Lipinski definition) is 1. The van der Waals surface area contributed by atoms with Crippen LogP contribution in [0.3, 0.4) is 0 Å². The van der Waals surface area contributed by atoms with E-state index in [-0.39, 0.29) is 28.9 Å². The van der Waals surface area contributed by atoms with Gasteiger partial charge in [-0.25, -0.2) is 13.9 Å². The molecule has 2 atom stereocenters. The maximum absolute atomic E-state index is 15.7. The third kappa shape index (κ3) is 4.27. The summed E-state index contributed by atoms with van der Waals surface area (Å²) in [5.74, 6) is -1.26. The van der Waals surface area contributed by atoms with E-state index in [4.69, 9.17) is 4.52 Å². The van der Waals surface area contributed by atoms with E-state index < -0.39 is 11.8 Å². The Labute approximate surface area is 218 Å². The second kappa shape index (κ2) is 9.55. The summed E-state index contributed by atoms with van der Waals surface area (Å²) in [7, 11) is 0. The van der Waals surface area contributed by atoms with Gasteiger partial charge in [0.2, 0.25) is 0 Å². The first-order valence-corrected chi connectivity index (χ1v) is 12.9. The largest absolute Gasteiger partial charge is 0.478 e. The SMILES string of the molecule is Cc1cc(C2C[C@H]2c2c(C(=O)O)cnn2-c2cccc(-c3cccc(C(=O)N4CCCCC4)c3F)c2)on1. The van der Waals surface area contributed by atoms with E-state index in [1.165, 1.54) is 12.3 Å². The molecular weight excluding hydrogens is 487 g/mol. The number of nitrogens with zero attached hydrogens (tertiary/aromatic N) is 4. The molecule has 8 nitrogen and oxygen atoms in total. The van der Waals surface area contributed by atoms with Crippen LogP contribution in [0.1, 0.15) is 75.4 Å². The number of carbonyl (C=O) groups excluding carboxylic acids is 1. The summed E-state index contributed by atoms with van der Waals surface area (Å²) >= 11 is 0. The normalized spacial score (nSPS) is 18.9. The van der Waals surface area contributed by atoms with Gasteiger partial charge in [-0.3, -0.25) is 4.79 Å². The zero-order valence-corrected chi connectivity index (χ0v) is 20.9. The van der Waals surface area contributed by atoms with Crippen molar-refractivity contribution in [3.63, 3.8) is 0 Å². The average molecular weight is 515 g/mol. The molecule has 0 spiro atoms. The van der Waals surface area contributed by atoms with Crippen LogP contribution in [0, 0.1) is 12.7 Å². The van der Waals surface area contributed by atoms with Gasteiger partial charge in [0.05, 0.1) is 28.8 Å². The van der Waals surface area contributed by atoms with Gasteiger partial charge >= 0.3 is 5.97 Å². The van der Waals surface area contributed by atoms with Crippen LogP contribution in [0.4, 0.5) is 4.39 Å². The van der Waals surface area contributed by atoms with Crippen LogP contribution in [0.15, 0.2) is 59.3 Å². The molecule has 0 bridgehead atoms. The van der Waals surface area contributed by atoms with Gasteiger partial charge in [0.1, 0.15) is 17.1 Å². The highest BCUT2D eigenvalue weighted by Gasteiger charge is 2.46. The van der Waals surface area contributed by atoms with Gasteiger partial charge in [-0.1, -0.05) is 29.4 Å². The summed E-state index contributed by atoms with van der Waals surface area (Å²) in [5.41, 5.74) is 3.02. The predicted molar refractivity (Wildman–Crippen MR) is 137 cm³/mol. The number of benzene rings is 2. The van der Waals surface area contributed by atoms with Crippen molar-refractivity contribution in [2.75, 3.05) is 13.1 Å². The first kappa shape index (κ1) is 24.1. The third-order valence-electron chi connectivity index (χ3n) is 7.46. The number of aromatic carboxylic acids is 1. The molecule has 1 aliphatic carbocycles. The first-order chi connectivity index (χ1) is 18.4. The fourth-order valence-electron chi connectivity index (χ4n) is 5.45. The number of carbonyl (C=O) groups is 2. The van der Waals surface area contributed by atoms with E-state index in [2.05, 4.69) is 10.3 Å². The average Bonchev–Trinajstić information content (AvgIpc) is 3.37. The fourth-order valence-corrected chi connectivity index (χ4v) is 5.45. The minimum absolute atomic E-state index is 0.0165. The molecule has 1 N–H and O–H groups in total. The van der Waals surface area contributed by atoms with E-state index >= 15 is 4.39 Å². The molecule has 1 saturated carbocycles. The topological polar surface area (TPSA) is 101 Å². The standard InChI is InChI=1S/C29H27FN4O4/c1-17-13-25(38-32-17)22-15-23(22)27-24(29(36)37)16-31-34(27)19-8-5-7-18(14-19)20-9-6-10-21(26(20)30)28(35)33-11-3-2-4-12-33/h5-10,13-14,16,22-23H,2-4,11-12,15H2,1H3,(H,36,37)/t22?,23-/m1/s1. The smallest absolute Gasteiger partial charge is 0.339 e. The summed E-state index contributed by atoms with van der Waals surface area (Å²) in [6, 6.07) is 13.9. The number of carboxylic acid groups (broad SMARTS) is 1. The van der Waals surface area contributed by atoms with Crippen LogP contribution >= 0.6 is 0 Å². The summed E-state index contributed by atoms with van der Waals surface area (Å²) < 4.78 is 22.7. The lowest BCUT2D eigenvalue weighted by Gasteiger charge is -2.27. The Balaban J connectivity index is 1.35. The molecule has 2 aliphatic rings. The minimum Gasteiger partial charge on any atom is -0.478 e. The fraction of sp³-hybridized carbons (Fsp3) is 0.310. The van der Waals surface area contributed by atoms with Crippen molar-refractivity contribution in [1.82, 2.24) is 19.8 Å². The number of aryl methyl sites for hydroxylation is 1. The van der Waals surface area contributed by atoms with Crippen molar-refractivity contribution in [3.8, 4) is 16.8 Å². The number of carboxylic acids is 1. The van der Waals surface area contributed by atoms with Gasteiger partial charge in [-0.15, -0.1) is 0 Å². The van der Waals surface area contributed by atoms with Crippen LogP contribution in [-0.4, -0.2) is 49.9 Å². The number of aromatic nitrogens is 3. The van der Waals surface area contributed by atoms with Crippen molar-refractivity contribution in [2.45, 2.75) is 44.4 Å². The second-order valence-corrected chi connectivity index (χ2v) is 10.1. The Kier molecular flexibility index (Phi) is 6.06. The zero-order valence-electron chi connectivity index (χ0n) is 20.9. The number of piperidine rings is 1. The lowest BCUT2D eigenvalue weighted by atomic mass is 10.00. The Morgan fingerprint density at radius 3 is 2.55 bits per heavy atom. The molecule has 0 radical (unpaired) electrons. The van der Waals surface area contributed by atoms with E-state index in [9.17, 15) is 14.7 Å². The molecule has 9 heteroatoms. The molecule has 6 rings (SSSR count). The number of amides is 1. The molecule has 3 heterocycles. The second-order valence-electron chi connectivity index (χ2n) is 10.1. The number of halogens is 1. The molecule has 2 aromatic heterocycles. The van der Waals surface area contributed by atoms with Crippen LogP contribution in [0.25, 0.3) is 16.8 Å². The van der Waals surface area contributed by atoms with Gasteiger partial charge in [0.15, 0.2) is 0 Å². The van der Waals surface area contributed by atoms with Gasteiger partial charge < -0.3 is 14.5 Å². The molecule has 194 valence electrons. The molecule has 1 saturated heterocycles. The van der Waals surface area contributed by atoms with Crippen molar-refractivity contribution in [3.05, 3.63) is 88.8 Å². The van der Waals surface area contributed by atoms with Gasteiger partial charge in [-0.05, 0) is 56.4 Å². The number of likely N-dealkylation sites (tertiary alicyclic amines) is 1. The molecule has 1 unspecified atom stereocenters. The Morgan fingerprint density at radius 1 is 1.03 bits per heavy atom. The summed E-state index contributed by atoms with van der Waals surface area (Å²) in [4.78, 5) is 26.8. The Morgan fingerprint density at radius 2 is 1.82 bits per heavy atom. The van der Waals surface area contributed by atoms with Crippen molar-refractivity contribution < 1.29 is 23.6 Å². The van der Waals surface area contributed by atoms with Crippen LogP contribution in [0.2, 0.25) is 0 Å². The minimum atomic E-state index is -1.06. The van der Waals surface area contributed by atoms with Crippen LogP contribution < -0.4 is 0 Å². The lowest BCUT2D eigenvalue weighted by Crippen LogP contribution is -2.36. The van der Waals surface area contributed by atoms with E-state index in [1.54, 1.807) is 39.9 Å². The highest BCUT2D eigenvalue weighted by molar-refractivity contribution is 5.96. The number of hydrogen-bond acceptors (Lipinski definition) is 5. The number of rotatable bonds is 6. The van der Waals surface area contributed by atoms with E-state index in [0.717, 1.165) is 37.1 Å². The van der Waals surface area contributed by atoms with Gasteiger partial charge in [-0.2, -0.15) is 5.10 Å². The lowest BCUT2D eigenvalue weighted by molar-refractivity contribution is 0.0692. The molecule has 1 aliphatic heterocycles. The summed E-state index contributed by atoms with van der Waals surface area (Å²) in [6.07, 6.45) is 5.01. The highest BCUT2D eigenvalue weighted by Crippen LogP contribution is 2.55. The van der Waals surface area contributed by atoms with Crippen molar-refractivity contribution in [2.24, 2.45) is 0 Å². The maximum atomic E-state index is 15.7. The Hall–Kier alpha value is -4.27. The van der Waals surface area contributed by atoms with Gasteiger partial charge in [0.25, 0.3) is 5.91 Å². The molecule has 2 aromatic carbocycles. The predicted octanol–water partition coefficient (Wildman–Crippen LogP) is 5.57.